The van der Waals surface area contributed by atoms with E-state index in [1.807, 2.05) is 54.6 Å². The quantitative estimate of drug-likeness (QED) is 0.559. The molecule has 4 heteroatoms. The topological polar surface area (TPSA) is 55.4 Å². The highest BCUT2D eigenvalue weighted by molar-refractivity contribution is 5.90. The lowest BCUT2D eigenvalue weighted by Gasteiger charge is -2.14. The number of carbonyl (C=O) groups is 1. The van der Waals surface area contributed by atoms with Crippen LogP contribution in [0.2, 0.25) is 0 Å². The Labute approximate surface area is 151 Å². The summed E-state index contributed by atoms with van der Waals surface area (Å²) in [7, 11) is 0. The smallest absolute Gasteiger partial charge is 0.224 e. The summed E-state index contributed by atoms with van der Waals surface area (Å²) in [5.74, 6) is 1.37. The lowest BCUT2D eigenvalue weighted by atomic mass is 10.0. The molecule has 1 N–H and O–H groups in total. The van der Waals surface area contributed by atoms with Gasteiger partial charge in [-0.2, -0.15) is 0 Å². The molecule has 0 saturated carbocycles. The van der Waals surface area contributed by atoms with Gasteiger partial charge < -0.3 is 14.2 Å². The molecule has 0 fully saturated rings. The Hall–Kier alpha value is -3.27. The molecule has 0 unspecified atom stereocenters. The van der Waals surface area contributed by atoms with Crippen LogP contribution in [0.25, 0.3) is 10.8 Å². The SMILES string of the molecule is O=C(Cc1cccc2ccccc12)NCC(c1ccco1)c1ccco1. The average molecular weight is 345 g/mol. The van der Waals surface area contributed by atoms with Crippen molar-refractivity contribution < 1.29 is 13.6 Å². The first-order valence-electron chi connectivity index (χ1n) is 8.61. The fourth-order valence-electron chi connectivity index (χ4n) is 3.22. The predicted molar refractivity (Wildman–Crippen MR) is 99.9 cm³/mol. The summed E-state index contributed by atoms with van der Waals surface area (Å²) in [4.78, 5) is 12.5. The molecule has 0 aliphatic rings. The Kier molecular flexibility index (Phi) is 4.56. The van der Waals surface area contributed by atoms with Crippen LogP contribution in [0.4, 0.5) is 0 Å². The zero-order valence-electron chi connectivity index (χ0n) is 14.2. The van der Waals surface area contributed by atoms with Gasteiger partial charge in [0.05, 0.1) is 24.9 Å². The van der Waals surface area contributed by atoms with Crippen molar-refractivity contribution in [2.75, 3.05) is 6.54 Å². The van der Waals surface area contributed by atoms with E-state index in [0.29, 0.717) is 13.0 Å². The zero-order valence-corrected chi connectivity index (χ0v) is 14.2. The molecule has 0 saturated heterocycles. The molecule has 0 atom stereocenters. The van der Waals surface area contributed by atoms with Crippen LogP contribution in [0.3, 0.4) is 0 Å². The molecule has 0 bridgehead atoms. The van der Waals surface area contributed by atoms with Crippen LogP contribution in [0, 0.1) is 0 Å². The molecular weight excluding hydrogens is 326 g/mol. The van der Waals surface area contributed by atoms with Gasteiger partial charge in [0.25, 0.3) is 0 Å². The molecule has 130 valence electrons. The lowest BCUT2D eigenvalue weighted by Crippen LogP contribution is -2.30. The van der Waals surface area contributed by atoms with Crippen molar-refractivity contribution in [1.82, 2.24) is 5.32 Å². The lowest BCUT2D eigenvalue weighted by molar-refractivity contribution is -0.120. The fourth-order valence-corrected chi connectivity index (χ4v) is 3.22. The van der Waals surface area contributed by atoms with Gasteiger partial charge >= 0.3 is 0 Å². The van der Waals surface area contributed by atoms with E-state index in [2.05, 4.69) is 17.4 Å². The van der Waals surface area contributed by atoms with E-state index >= 15 is 0 Å². The molecule has 2 aromatic carbocycles. The Bertz CT molecular complexity index is 948. The van der Waals surface area contributed by atoms with Crippen molar-refractivity contribution >= 4 is 16.7 Å². The van der Waals surface area contributed by atoms with Crippen molar-refractivity contribution in [3.05, 3.63) is 96.3 Å². The standard InChI is InChI=1S/C22H19NO3/c24-22(14-17-8-3-7-16-6-1-2-9-18(16)17)23-15-19(20-10-4-12-25-20)21-11-5-13-26-21/h1-13,19H,14-15H2,(H,23,24). The minimum atomic E-state index is -0.142. The first kappa shape index (κ1) is 16.2. The van der Waals surface area contributed by atoms with Gasteiger partial charge in [-0.3, -0.25) is 4.79 Å². The molecule has 0 aliphatic heterocycles. The van der Waals surface area contributed by atoms with Gasteiger partial charge in [0, 0.05) is 6.54 Å². The first-order valence-corrected chi connectivity index (χ1v) is 8.61. The largest absolute Gasteiger partial charge is 0.469 e. The van der Waals surface area contributed by atoms with E-state index in [0.717, 1.165) is 27.9 Å². The van der Waals surface area contributed by atoms with Gasteiger partial charge in [-0.1, -0.05) is 42.5 Å². The molecule has 4 nitrogen and oxygen atoms in total. The van der Waals surface area contributed by atoms with Gasteiger partial charge in [0.2, 0.25) is 5.91 Å². The molecule has 2 heterocycles. The number of hydrogen-bond donors (Lipinski definition) is 1. The van der Waals surface area contributed by atoms with Gasteiger partial charge in [-0.15, -0.1) is 0 Å². The molecule has 4 aromatic rings. The van der Waals surface area contributed by atoms with Crippen LogP contribution in [0.15, 0.2) is 88.1 Å². The van der Waals surface area contributed by atoms with E-state index in [1.54, 1.807) is 12.5 Å². The second kappa shape index (κ2) is 7.31. The van der Waals surface area contributed by atoms with Crippen LogP contribution < -0.4 is 5.32 Å². The van der Waals surface area contributed by atoms with Crippen molar-refractivity contribution in [2.24, 2.45) is 0 Å². The number of benzene rings is 2. The molecule has 2 aromatic heterocycles. The molecule has 4 rings (SSSR count). The Balaban J connectivity index is 1.47. The normalized spacial score (nSPS) is 11.1. The summed E-state index contributed by atoms with van der Waals surface area (Å²) in [6.45, 7) is 0.421. The summed E-state index contributed by atoms with van der Waals surface area (Å²) >= 11 is 0. The Morgan fingerprint density at radius 1 is 0.846 bits per heavy atom. The van der Waals surface area contributed by atoms with Crippen molar-refractivity contribution in [2.45, 2.75) is 12.3 Å². The maximum absolute atomic E-state index is 12.5. The van der Waals surface area contributed by atoms with Crippen LogP contribution in [0.1, 0.15) is 23.0 Å². The summed E-state index contributed by atoms with van der Waals surface area (Å²) in [5, 5.41) is 5.26. The average Bonchev–Trinajstić information content (AvgIpc) is 3.37. The minimum absolute atomic E-state index is 0.0236. The number of amides is 1. The highest BCUT2D eigenvalue weighted by Gasteiger charge is 2.20. The summed E-state index contributed by atoms with van der Waals surface area (Å²) in [6, 6.07) is 21.6. The van der Waals surface area contributed by atoms with E-state index in [-0.39, 0.29) is 11.8 Å². The number of hydrogen-bond acceptors (Lipinski definition) is 3. The van der Waals surface area contributed by atoms with Gasteiger partial charge in [0.15, 0.2) is 0 Å². The number of fused-ring (bicyclic) bond motifs is 1. The minimum Gasteiger partial charge on any atom is -0.469 e. The predicted octanol–water partition coefficient (Wildman–Crippen LogP) is 4.52. The third kappa shape index (κ3) is 3.40. The Morgan fingerprint density at radius 2 is 1.54 bits per heavy atom. The maximum Gasteiger partial charge on any atom is 0.224 e. The summed E-state index contributed by atoms with van der Waals surface area (Å²) in [5.41, 5.74) is 1.02. The van der Waals surface area contributed by atoms with Gasteiger partial charge in [-0.25, -0.2) is 0 Å². The third-order valence-corrected chi connectivity index (χ3v) is 4.51. The zero-order chi connectivity index (χ0) is 17.8. The molecule has 0 spiro atoms. The van der Waals surface area contributed by atoms with E-state index < -0.39 is 0 Å². The second-order valence-electron chi connectivity index (χ2n) is 6.20. The first-order chi connectivity index (χ1) is 12.8. The Morgan fingerprint density at radius 3 is 2.23 bits per heavy atom. The van der Waals surface area contributed by atoms with Gasteiger partial charge in [-0.05, 0) is 40.6 Å². The summed E-state index contributed by atoms with van der Waals surface area (Å²) in [6.07, 6.45) is 3.59. The van der Waals surface area contributed by atoms with Crippen LogP contribution in [-0.4, -0.2) is 12.5 Å². The number of carbonyl (C=O) groups excluding carboxylic acids is 1. The molecular formula is C22H19NO3. The molecule has 0 aliphatic carbocycles. The highest BCUT2D eigenvalue weighted by Crippen LogP contribution is 2.25. The van der Waals surface area contributed by atoms with Gasteiger partial charge in [0.1, 0.15) is 11.5 Å². The van der Waals surface area contributed by atoms with Crippen LogP contribution >= 0.6 is 0 Å². The van der Waals surface area contributed by atoms with Crippen molar-refractivity contribution in [1.29, 1.82) is 0 Å². The van der Waals surface area contributed by atoms with Crippen molar-refractivity contribution in [3.63, 3.8) is 0 Å². The molecule has 26 heavy (non-hydrogen) atoms. The summed E-state index contributed by atoms with van der Waals surface area (Å²) < 4.78 is 11.0. The van der Waals surface area contributed by atoms with Crippen LogP contribution in [-0.2, 0) is 11.2 Å². The van der Waals surface area contributed by atoms with E-state index in [9.17, 15) is 4.79 Å². The van der Waals surface area contributed by atoms with E-state index in [4.69, 9.17) is 8.83 Å². The highest BCUT2D eigenvalue weighted by atomic mass is 16.3. The number of nitrogens with one attached hydrogen (secondary N) is 1. The maximum atomic E-state index is 12.5. The van der Waals surface area contributed by atoms with Crippen molar-refractivity contribution in [3.8, 4) is 0 Å². The molecule has 1 amide bonds. The van der Waals surface area contributed by atoms with E-state index in [1.165, 1.54) is 0 Å². The number of rotatable bonds is 6. The third-order valence-electron chi connectivity index (χ3n) is 4.51. The van der Waals surface area contributed by atoms with Crippen LogP contribution in [0.5, 0.6) is 0 Å². The number of furan rings is 2. The second-order valence-corrected chi connectivity index (χ2v) is 6.20. The molecule has 0 radical (unpaired) electrons. The fraction of sp³-hybridized carbons (Fsp3) is 0.136. The monoisotopic (exact) mass is 345 g/mol.